The highest BCUT2D eigenvalue weighted by Crippen LogP contribution is 2.32. The van der Waals surface area contributed by atoms with Crippen LogP contribution >= 0.6 is 11.3 Å². The Bertz CT molecular complexity index is 1700. The topological polar surface area (TPSA) is 72.7 Å². The number of hydrogen-bond donors (Lipinski definition) is 1. The maximum absolute atomic E-state index is 13.8. The molecule has 1 atom stereocenters. The highest BCUT2D eigenvalue weighted by atomic mass is 32.1. The van der Waals surface area contributed by atoms with Gasteiger partial charge < -0.3 is 10.1 Å². The summed E-state index contributed by atoms with van der Waals surface area (Å²) in [6, 6.07) is 22.4. The Morgan fingerprint density at radius 1 is 1.03 bits per heavy atom. The maximum Gasteiger partial charge on any atom is 0.271 e. The van der Waals surface area contributed by atoms with Gasteiger partial charge in [-0.25, -0.2) is 4.99 Å². The summed E-state index contributed by atoms with van der Waals surface area (Å²) in [4.78, 5) is 32.8. The maximum atomic E-state index is 13.8. The van der Waals surface area contributed by atoms with E-state index in [1.165, 1.54) is 11.3 Å². The smallest absolute Gasteiger partial charge is 0.271 e. The number of rotatable bonds is 5. The number of carbonyl (C=O) groups is 1. The molecule has 0 aliphatic carbocycles. The Balaban J connectivity index is 1.66. The van der Waals surface area contributed by atoms with E-state index in [9.17, 15) is 9.59 Å². The van der Waals surface area contributed by atoms with Crippen LogP contribution in [0.2, 0.25) is 0 Å². The van der Waals surface area contributed by atoms with E-state index in [0.717, 1.165) is 27.9 Å². The van der Waals surface area contributed by atoms with Crippen LogP contribution in [-0.4, -0.2) is 17.6 Å². The minimum Gasteiger partial charge on any atom is -0.497 e. The molecular weight excluding hydrogens is 482 g/mol. The number of allylic oxidation sites excluding steroid dienone is 1. The molecule has 1 amide bonds. The first-order valence-electron chi connectivity index (χ1n) is 12.0. The zero-order valence-corrected chi connectivity index (χ0v) is 21.9. The monoisotopic (exact) mass is 509 g/mol. The molecule has 5 rings (SSSR count). The van der Waals surface area contributed by atoms with Crippen molar-refractivity contribution in [2.75, 3.05) is 12.4 Å². The van der Waals surface area contributed by atoms with E-state index in [1.54, 1.807) is 11.7 Å². The summed E-state index contributed by atoms with van der Waals surface area (Å²) in [5.41, 5.74) is 5.37. The van der Waals surface area contributed by atoms with Crippen molar-refractivity contribution in [1.29, 1.82) is 0 Å². The molecule has 1 aliphatic rings. The summed E-state index contributed by atoms with van der Waals surface area (Å²) in [7, 11) is 1.61. The zero-order chi connectivity index (χ0) is 26.1. The van der Waals surface area contributed by atoms with Crippen molar-refractivity contribution < 1.29 is 9.53 Å². The molecule has 0 radical (unpaired) electrons. The van der Waals surface area contributed by atoms with Gasteiger partial charge in [-0.05, 0) is 61.7 Å². The Hall–Kier alpha value is -4.23. The SMILES string of the molecule is COc1ccc([C@@H]2C(C(=O)Nc3ccc(C)cc3C)=C(C)N=c3s/c(=C/c4ccccc4)c(=O)n32)cc1. The third-order valence-corrected chi connectivity index (χ3v) is 7.41. The lowest BCUT2D eigenvalue weighted by Gasteiger charge is -2.25. The van der Waals surface area contributed by atoms with Crippen LogP contribution < -0.4 is 24.9 Å². The number of amides is 1. The third-order valence-electron chi connectivity index (χ3n) is 6.43. The molecule has 6 nitrogen and oxygen atoms in total. The van der Waals surface area contributed by atoms with E-state index in [2.05, 4.69) is 5.32 Å². The molecule has 2 heterocycles. The van der Waals surface area contributed by atoms with Gasteiger partial charge in [0.1, 0.15) is 5.75 Å². The highest BCUT2D eigenvalue weighted by Gasteiger charge is 2.32. The number of ether oxygens (including phenoxy) is 1. The van der Waals surface area contributed by atoms with Gasteiger partial charge in [0.05, 0.1) is 29.0 Å². The second kappa shape index (κ2) is 10.0. The zero-order valence-electron chi connectivity index (χ0n) is 21.1. The van der Waals surface area contributed by atoms with Gasteiger partial charge in [0.2, 0.25) is 0 Å². The van der Waals surface area contributed by atoms with E-state index < -0.39 is 6.04 Å². The molecule has 0 saturated heterocycles. The van der Waals surface area contributed by atoms with Crippen molar-refractivity contribution in [3.05, 3.63) is 126 Å². The average molecular weight is 510 g/mol. The first kappa shape index (κ1) is 24.5. The molecule has 1 N–H and O–H groups in total. The second-order valence-electron chi connectivity index (χ2n) is 9.04. The number of methoxy groups -OCH3 is 1. The largest absolute Gasteiger partial charge is 0.497 e. The van der Waals surface area contributed by atoms with E-state index in [4.69, 9.17) is 9.73 Å². The molecule has 0 spiro atoms. The van der Waals surface area contributed by atoms with Gasteiger partial charge in [-0.15, -0.1) is 0 Å². The van der Waals surface area contributed by atoms with Crippen molar-refractivity contribution in [3.63, 3.8) is 0 Å². The van der Waals surface area contributed by atoms with Crippen LogP contribution in [0.3, 0.4) is 0 Å². The second-order valence-corrected chi connectivity index (χ2v) is 10.0. The van der Waals surface area contributed by atoms with Crippen molar-refractivity contribution in [3.8, 4) is 5.75 Å². The number of aryl methyl sites for hydroxylation is 2. The fraction of sp³-hybridized carbons (Fsp3) is 0.167. The molecule has 3 aromatic carbocycles. The van der Waals surface area contributed by atoms with Gasteiger partial charge >= 0.3 is 0 Å². The number of thiazole rings is 1. The summed E-state index contributed by atoms with van der Waals surface area (Å²) in [5, 5.41) is 3.06. The van der Waals surface area contributed by atoms with Crippen LogP contribution in [0.15, 0.2) is 93.9 Å². The van der Waals surface area contributed by atoms with E-state index in [-0.39, 0.29) is 11.5 Å². The summed E-state index contributed by atoms with van der Waals surface area (Å²) in [6.45, 7) is 5.80. The molecule has 1 aliphatic heterocycles. The van der Waals surface area contributed by atoms with Gasteiger partial charge in [-0.2, -0.15) is 0 Å². The number of fused-ring (bicyclic) bond motifs is 1. The lowest BCUT2D eigenvalue weighted by Crippen LogP contribution is -2.40. The highest BCUT2D eigenvalue weighted by molar-refractivity contribution is 7.07. The van der Waals surface area contributed by atoms with Crippen LogP contribution in [0.4, 0.5) is 5.69 Å². The number of anilines is 1. The van der Waals surface area contributed by atoms with Crippen LogP contribution in [0.5, 0.6) is 5.75 Å². The van der Waals surface area contributed by atoms with Gasteiger partial charge in [0, 0.05) is 5.69 Å². The van der Waals surface area contributed by atoms with Crippen molar-refractivity contribution in [1.82, 2.24) is 4.57 Å². The molecule has 4 aromatic rings. The molecule has 0 fully saturated rings. The first-order valence-corrected chi connectivity index (χ1v) is 12.8. The quantitative estimate of drug-likeness (QED) is 0.431. The fourth-order valence-corrected chi connectivity index (χ4v) is 5.60. The molecule has 37 heavy (non-hydrogen) atoms. The molecule has 7 heteroatoms. The van der Waals surface area contributed by atoms with Crippen molar-refractivity contribution >= 4 is 29.0 Å². The number of hydrogen-bond acceptors (Lipinski definition) is 5. The number of carbonyl (C=O) groups excluding carboxylic acids is 1. The van der Waals surface area contributed by atoms with E-state index >= 15 is 0 Å². The van der Waals surface area contributed by atoms with Gasteiger partial charge in [0.15, 0.2) is 4.80 Å². The predicted octanol–water partition coefficient (Wildman–Crippen LogP) is 4.50. The summed E-state index contributed by atoms with van der Waals surface area (Å²) >= 11 is 1.33. The number of nitrogens with zero attached hydrogens (tertiary/aromatic N) is 2. The van der Waals surface area contributed by atoms with Crippen LogP contribution in [-0.2, 0) is 4.79 Å². The molecular formula is C30H27N3O3S. The summed E-state index contributed by atoms with van der Waals surface area (Å²) in [6.07, 6.45) is 1.86. The van der Waals surface area contributed by atoms with Gasteiger partial charge in [-0.3, -0.25) is 14.2 Å². The molecule has 186 valence electrons. The molecule has 0 bridgehead atoms. The predicted molar refractivity (Wildman–Crippen MR) is 148 cm³/mol. The Kier molecular flexibility index (Phi) is 6.63. The standard InChI is InChI=1S/C30H27N3O3S/c1-18-10-15-24(19(2)16-18)32-28(34)26-20(3)31-30-33(27(26)22-11-13-23(36-4)14-12-22)29(35)25(37-30)17-21-8-6-5-7-9-21/h5-17,27H,1-4H3,(H,32,34)/b25-17+/t27-/m1/s1. The van der Waals surface area contributed by atoms with E-state index in [1.807, 2.05) is 99.6 Å². The number of aromatic nitrogens is 1. The minimum atomic E-state index is -0.633. The normalized spacial score (nSPS) is 15.2. The number of nitrogens with one attached hydrogen (secondary N) is 1. The van der Waals surface area contributed by atoms with Crippen molar-refractivity contribution in [2.45, 2.75) is 26.8 Å². The van der Waals surface area contributed by atoms with Gasteiger partial charge in [0.25, 0.3) is 11.5 Å². The van der Waals surface area contributed by atoms with E-state index in [0.29, 0.717) is 26.4 Å². The average Bonchev–Trinajstić information content (AvgIpc) is 3.19. The lowest BCUT2D eigenvalue weighted by molar-refractivity contribution is -0.113. The van der Waals surface area contributed by atoms with Crippen molar-refractivity contribution in [2.24, 2.45) is 4.99 Å². The summed E-state index contributed by atoms with van der Waals surface area (Å²) in [5.74, 6) is 0.411. The Labute approximate surface area is 218 Å². The molecule has 0 saturated carbocycles. The summed E-state index contributed by atoms with van der Waals surface area (Å²) < 4.78 is 7.53. The first-order chi connectivity index (χ1) is 17.9. The number of benzene rings is 3. The third kappa shape index (κ3) is 4.78. The van der Waals surface area contributed by atoms with Crippen LogP contribution in [0, 0.1) is 13.8 Å². The van der Waals surface area contributed by atoms with Gasteiger partial charge in [-0.1, -0.05) is 71.5 Å². The van der Waals surface area contributed by atoms with Crippen LogP contribution in [0.25, 0.3) is 6.08 Å². The molecule has 1 aromatic heterocycles. The Morgan fingerprint density at radius 3 is 2.43 bits per heavy atom. The minimum absolute atomic E-state index is 0.183. The fourth-order valence-electron chi connectivity index (χ4n) is 4.56. The lowest BCUT2D eigenvalue weighted by atomic mass is 9.95. The molecule has 0 unspecified atom stereocenters. The van der Waals surface area contributed by atoms with Crippen LogP contribution in [0.1, 0.15) is 35.2 Å². The Morgan fingerprint density at radius 2 is 1.76 bits per heavy atom.